The minimum absolute atomic E-state index is 0.0322. The van der Waals surface area contributed by atoms with Gasteiger partial charge in [0.25, 0.3) is 5.91 Å². The van der Waals surface area contributed by atoms with Crippen molar-refractivity contribution in [2.24, 2.45) is 0 Å². The predicted molar refractivity (Wildman–Crippen MR) is 99.2 cm³/mol. The van der Waals surface area contributed by atoms with Crippen LogP contribution >= 0.6 is 0 Å². The number of anilines is 1. The van der Waals surface area contributed by atoms with Gasteiger partial charge in [-0.3, -0.25) is 4.79 Å². The lowest BCUT2D eigenvalue weighted by Crippen LogP contribution is -2.25. The monoisotopic (exact) mass is 368 g/mol. The fourth-order valence-electron chi connectivity index (χ4n) is 2.86. The number of aromatic nitrogens is 2. The number of rotatable bonds is 6. The fourth-order valence-corrected chi connectivity index (χ4v) is 2.86. The number of ether oxygens (including phenoxy) is 1. The third-order valence-corrected chi connectivity index (χ3v) is 4.26. The second kappa shape index (κ2) is 7.96. The highest BCUT2D eigenvalue weighted by molar-refractivity contribution is 6.15. The van der Waals surface area contributed by atoms with Crippen LogP contribution in [0.3, 0.4) is 0 Å². The number of carbonyl (C=O) groups excluding carboxylic acids is 1. The molecule has 1 aliphatic rings. The minimum atomic E-state index is -1.02. The van der Waals surface area contributed by atoms with E-state index in [4.69, 9.17) is 4.74 Å². The van der Waals surface area contributed by atoms with Gasteiger partial charge in [0.2, 0.25) is 0 Å². The van der Waals surface area contributed by atoms with Gasteiger partial charge in [0, 0.05) is 13.1 Å². The molecule has 3 N–H and O–H groups in total. The van der Waals surface area contributed by atoms with Gasteiger partial charge in [-0.25, -0.2) is 14.8 Å². The van der Waals surface area contributed by atoms with Gasteiger partial charge in [0.1, 0.15) is 12.1 Å². The van der Waals surface area contributed by atoms with Crippen LogP contribution in [0.2, 0.25) is 0 Å². The van der Waals surface area contributed by atoms with Crippen molar-refractivity contribution in [3.63, 3.8) is 0 Å². The Morgan fingerprint density at radius 3 is 2.93 bits per heavy atom. The Hall–Kier alpha value is -3.26. The zero-order valence-electron chi connectivity index (χ0n) is 15.1. The number of nitrogens with one attached hydrogen (secondary N) is 2. The molecule has 0 fully saturated rings. The smallest absolute Gasteiger partial charge is 0.337 e. The third-order valence-electron chi connectivity index (χ3n) is 4.26. The summed E-state index contributed by atoms with van der Waals surface area (Å²) in [7, 11) is 0. The van der Waals surface area contributed by atoms with E-state index in [2.05, 4.69) is 20.6 Å². The van der Waals surface area contributed by atoms with Crippen LogP contribution in [0.4, 0.5) is 5.69 Å². The number of amides is 1. The van der Waals surface area contributed by atoms with Gasteiger partial charge >= 0.3 is 5.97 Å². The number of benzene rings is 1. The molecule has 0 saturated carbocycles. The predicted octanol–water partition coefficient (Wildman–Crippen LogP) is 1.89. The Kier molecular flexibility index (Phi) is 5.46. The van der Waals surface area contributed by atoms with Gasteiger partial charge < -0.3 is 20.5 Å². The van der Waals surface area contributed by atoms with Gasteiger partial charge in [-0.2, -0.15) is 0 Å². The molecule has 2 aromatic rings. The molecule has 0 radical (unpaired) electrons. The van der Waals surface area contributed by atoms with Crippen molar-refractivity contribution in [3.8, 4) is 5.75 Å². The first-order chi connectivity index (χ1) is 13.0. The molecule has 0 unspecified atom stereocenters. The summed E-state index contributed by atoms with van der Waals surface area (Å²) in [5.41, 5.74) is 3.67. The molecule has 140 valence electrons. The van der Waals surface area contributed by atoms with Crippen LogP contribution in [0.25, 0.3) is 5.57 Å². The minimum Gasteiger partial charge on any atom is -0.482 e. The van der Waals surface area contributed by atoms with Gasteiger partial charge in [-0.05, 0) is 37.1 Å². The molecule has 3 rings (SSSR count). The summed E-state index contributed by atoms with van der Waals surface area (Å²) in [5.74, 6) is -0.534. The molecule has 1 aromatic carbocycles. The van der Waals surface area contributed by atoms with E-state index in [1.807, 2.05) is 25.1 Å². The van der Waals surface area contributed by atoms with Crippen molar-refractivity contribution in [1.29, 1.82) is 0 Å². The highest BCUT2D eigenvalue weighted by Crippen LogP contribution is 2.28. The molecular formula is C19H20N4O4. The maximum Gasteiger partial charge on any atom is 0.337 e. The van der Waals surface area contributed by atoms with E-state index in [0.717, 1.165) is 16.8 Å². The van der Waals surface area contributed by atoms with Crippen LogP contribution < -0.4 is 15.4 Å². The van der Waals surface area contributed by atoms with E-state index in [0.29, 0.717) is 30.2 Å². The van der Waals surface area contributed by atoms with E-state index < -0.39 is 5.97 Å². The van der Waals surface area contributed by atoms with Gasteiger partial charge in [0.15, 0.2) is 6.61 Å². The van der Waals surface area contributed by atoms with Gasteiger partial charge in [-0.15, -0.1) is 0 Å². The van der Waals surface area contributed by atoms with Crippen molar-refractivity contribution in [2.45, 2.75) is 26.9 Å². The normalized spacial score (nSPS) is 13.6. The topological polar surface area (TPSA) is 113 Å². The fraction of sp³-hybridized carbons (Fsp3) is 0.263. The van der Waals surface area contributed by atoms with Gasteiger partial charge in [0.05, 0.1) is 22.6 Å². The van der Waals surface area contributed by atoms with Crippen LogP contribution in [-0.2, 0) is 22.7 Å². The third kappa shape index (κ3) is 4.12. The summed E-state index contributed by atoms with van der Waals surface area (Å²) >= 11 is 0. The SMILES string of the molecule is C/C=C(/C(=O)O)c1ncnc(CNCc2ccc3c(c2)NC(=O)CO3)c1C. The molecule has 27 heavy (non-hydrogen) atoms. The Labute approximate surface area is 156 Å². The van der Waals surface area contributed by atoms with Crippen molar-refractivity contribution in [1.82, 2.24) is 15.3 Å². The van der Waals surface area contributed by atoms with E-state index in [-0.39, 0.29) is 18.1 Å². The van der Waals surface area contributed by atoms with Crippen LogP contribution in [0.5, 0.6) is 5.75 Å². The van der Waals surface area contributed by atoms with Crippen LogP contribution in [-0.4, -0.2) is 33.6 Å². The molecule has 8 heteroatoms. The number of fused-ring (bicyclic) bond motifs is 1. The summed E-state index contributed by atoms with van der Waals surface area (Å²) < 4.78 is 5.34. The highest BCUT2D eigenvalue weighted by Gasteiger charge is 2.17. The lowest BCUT2D eigenvalue weighted by Gasteiger charge is -2.18. The maximum absolute atomic E-state index is 11.4. The molecule has 0 spiro atoms. The van der Waals surface area contributed by atoms with E-state index >= 15 is 0 Å². The van der Waals surface area contributed by atoms with E-state index in [9.17, 15) is 14.7 Å². The first-order valence-electron chi connectivity index (χ1n) is 8.46. The van der Waals surface area contributed by atoms with Crippen LogP contribution in [0.1, 0.15) is 29.4 Å². The van der Waals surface area contributed by atoms with Crippen molar-refractivity contribution in [3.05, 3.63) is 53.1 Å². The van der Waals surface area contributed by atoms with Crippen molar-refractivity contribution >= 4 is 23.1 Å². The maximum atomic E-state index is 11.4. The average Bonchev–Trinajstić information content (AvgIpc) is 2.64. The molecule has 1 amide bonds. The first kappa shape index (κ1) is 18.5. The number of allylic oxidation sites excluding steroid dienone is 1. The molecule has 0 aliphatic carbocycles. The second-order valence-corrected chi connectivity index (χ2v) is 6.07. The summed E-state index contributed by atoms with van der Waals surface area (Å²) in [6.45, 7) is 4.52. The summed E-state index contributed by atoms with van der Waals surface area (Å²) in [5, 5.41) is 15.4. The Morgan fingerprint density at radius 2 is 2.19 bits per heavy atom. The first-order valence-corrected chi connectivity index (χ1v) is 8.46. The zero-order chi connectivity index (χ0) is 19.4. The second-order valence-electron chi connectivity index (χ2n) is 6.07. The molecule has 8 nitrogen and oxygen atoms in total. The number of carboxylic acid groups (broad SMARTS) is 1. The molecule has 1 aromatic heterocycles. The molecule has 0 bridgehead atoms. The largest absolute Gasteiger partial charge is 0.482 e. The highest BCUT2D eigenvalue weighted by atomic mass is 16.5. The van der Waals surface area contributed by atoms with Gasteiger partial charge in [-0.1, -0.05) is 12.1 Å². The number of carbonyl (C=O) groups is 2. The van der Waals surface area contributed by atoms with E-state index in [1.54, 1.807) is 6.92 Å². The average molecular weight is 368 g/mol. The molecule has 0 atom stereocenters. The zero-order valence-corrected chi connectivity index (χ0v) is 15.1. The number of aliphatic carboxylic acids is 1. The van der Waals surface area contributed by atoms with Crippen LogP contribution in [0.15, 0.2) is 30.6 Å². The Morgan fingerprint density at radius 1 is 1.37 bits per heavy atom. The molecule has 0 saturated heterocycles. The molecule has 2 heterocycles. The summed E-state index contributed by atoms with van der Waals surface area (Å²) in [6.07, 6.45) is 2.90. The Balaban J connectivity index is 1.69. The number of carboxylic acids is 1. The molecule has 1 aliphatic heterocycles. The lowest BCUT2D eigenvalue weighted by molar-refractivity contribution is -0.130. The number of hydrogen-bond acceptors (Lipinski definition) is 6. The Bertz CT molecular complexity index is 924. The summed E-state index contributed by atoms with van der Waals surface area (Å²) in [6, 6.07) is 5.61. The standard InChI is InChI=1S/C19H20N4O4/c1-3-13(19(25)26)18-11(2)15(21-10-22-18)8-20-7-12-4-5-16-14(6-12)23-17(24)9-27-16/h3-6,10,20H,7-9H2,1-2H3,(H,23,24)(H,25,26)/b13-3+. The molecular weight excluding hydrogens is 348 g/mol. The van der Waals surface area contributed by atoms with Crippen molar-refractivity contribution in [2.75, 3.05) is 11.9 Å². The van der Waals surface area contributed by atoms with E-state index in [1.165, 1.54) is 12.4 Å². The lowest BCUT2D eigenvalue weighted by atomic mass is 10.1. The quantitative estimate of drug-likeness (QED) is 0.667. The van der Waals surface area contributed by atoms with Crippen molar-refractivity contribution < 1.29 is 19.4 Å². The van der Waals surface area contributed by atoms with Crippen LogP contribution in [0, 0.1) is 6.92 Å². The number of nitrogens with zero attached hydrogens (tertiary/aromatic N) is 2. The summed E-state index contributed by atoms with van der Waals surface area (Å²) in [4.78, 5) is 31.1. The number of hydrogen-bond donors (Lipinski definition) is 3.